The van der Waals surface area contributed by atoms with Gasteiger partial charge in [0.2, 0.25) is 0 Å². The van der Waals surface area contributed by atoms with Crippen molar-refractivity contribution >= 4 is 40.7 Å². The maximum Gasteiger partial charge on any atom is 0.293 e. The molecule has 0 atom stereocenters. The number of carbonyl (C=O) groups excluding carboxylic acids is 2. The second-order valence-electron chi connectivity index (χ2n) is 4.46. The van der Waals surface area contributed by atoms with Crippen LogP contribution in [0, 0.1) is 0 Å². The predicted octanol–water partition coefficient (Wildman–Crippen LogP) is 4.24. The van der Waals surface area contributed by atoms with E-state index in [0.717, 1.165) is 30.2 Å². The van der Waals surface area contributed by atoms with Crippen molar-refractivity contribution in [2.75, 3.05) is 12.8 Å². The molecule has 1 aromatic rings. The lowest BCUT2D eigenvalue weighted by molar-refractivity contribution is -0.122. The molecule has 1 aliphatic heterocycles. The van der Waals surface area contributed by atoms with Crippen LogP contribution >= 0.6 is 23.5 Å². The molecule has 20 heavy (non-hydrogen) atoms. The highest BCUT2D eigenvalue weighted by molar-refractivity contribution is 8.18. The first-order valence-electron chi connectivity index (χ1n) is 6.55. The van der Waals surface area contributed by atoms with E-state index in [1.165, 1.54) is 9.80 Å². The first-order chi connectivity index (χ1) is 9.65. The van der Waals surface area contributed by atoms with Gasteiger partial charge in [-0.2, -0.15) is 0 Å². The minimum absolute atomic E-state index is 0.157. The molecule has 0 aliphatic carbocycles. The fourth-order valence-corrected chi connectivity index (χ4v) is 3.13. The van der Waals surface area contributed by atoms with E-state index >= 15 is 0 Å². The molecular formula is C15H17NO2S2. The largest absolute Gasteiger partial charge is 0.293 e. The molecular weight excluding hydrogens is 290 g/mol. The summed E-state index contributed by atoms with van der Waals surface area (Å²) in [6, 6.07) is 7.95. The molecule has 1 saturated heterocycles. The summed E-state index contributed by atoms with van der Waals surface area (Å²) in [5.74, 6) is -0.164. The monoisotopic (exact) mass is 307 g/mol. The lowest BCUT2D eigenvalue weighted by Gasteiger charge is -2.10. The van der Waals surface area contributed by atoms with Crippen LogP contribution in [0.5, 0.6) is 0 Å². The van der Waals surface area contributed by atoms with Gasteiger partial charge in [0.25, 0.3) is 11.1 Å². The van der Waals surface area contributed by atoms with Crippen LogP contribution in [0.25, 0.3) is 6.08 Å². The molecule has 0 bridgehead atoms. The molecule has 0 unspecified atom stereocenters. The fraction of sp³-hybridized carbons (Fsp3) is 0.333. The summed E-state index contributed by atoms with van der Waals surface area (Å²) in [4.78, 5) is 27.0. The van der Waals surface area contributed by atoms with E-state index in [4.69, 9.17) is 0 Å². The quantitative estimate of drug-likeness (QED) is 0.602. The minimum Gasteiger partial charge on any atom is -0.268 e. The molecule has 1 aliphatic rings. The van der Waals surface area contributed by atoms with Gasteiger partial charge in [-0.25, -0.2) is 0 Å². The lowest BCUT2D eigenvalue weighted by atomic mass is 10.2. The highest BCUT2D eigenvalue weighted by Crippen LogP contribution is 2.32. The van der Waals surface area contributed by atoms with Gasteiger partial charge in [0, 0.05) is 11.4 Å². The second kappa shape index (κ2) is 6.99. The summed E-state index contributed by atoms with van der Waals surface area (Å²) in [7, 11) is 0. The molecule has 0 spiro atoms. The number of benzene rings is 1. The van der Waals surface area contributed by atoms with Gasteiger partial charge in [-0.3, -0.25) is 14.5 Å². The van der Waals surface area contributed by atoms with Crippen LogP contribution in [0.2, 0.25) is 0 Å². The molecule has 0 N–H and O–H groups in total. The molecule has 1 heterocycles. The number of imide groups is 1. The third kappa shape index (κ3) is 3.46. The lowest BCUT2D eigenvalue weighted by Crippen LogP contribution is -2.29. The molecule has 0 aromatic heterocycles. The summed E-state index contributed by atoms with van der Waals surface area (Å²) in [6.07, 6.45) is 5.64. The van der Waals surface area contributed by atoms with Crippen LogP contribution < -0.4 is 0 Å². The Morgan fingerprint density at radius 3 is 2.55 bits per heavy atom. The Hall–Kier alpha value is -1.20. The zero-order chi connectivity index (χ0) is 14.5. The number of nitrogens with zero attached hydrogens (tertiary/aromatic N) is 1. The second-order valence-corrected chi connectivity index (χ2v) is 6.33. The van der Waals surface area contributed by atoms with Gasteiger partial charge in [0.15, 0.2) is 0 Å². The average Bonchev–Trinajstić information content (AvgIpc) is 2.72. The van der Waals surface area contributed by atoms with Crippen molar-refractivity contribution < 1.29 is 9.59 Å². The van der Waals surface area contributed by atoms with Gasteiger partial charge in [-0.1, -0.05) is 25.5 Å². The summed E-state index contributed by atoms with van der Waals surface area (Å²) in [5, 5.41) is -0.157. The first kappa shape index (κ1) is 15.2. The molecule has 106 valence electrons. The van der Waals surface area contributed by atoms with E-state index in [2.05, 4.69) is 0 Å². The molecule has 0 radical (unpaired) electrons. The molecule has 1 aromatic carbocycles. The highest BCUT2D eigenvalue weighted by Gasteiger charge is 2.34. The highest BCUT2D eigenvalue weighted by atomic mass is 32.2. The van der Waals surface area contributed by atoms with Crippen molar-refractivity contribution in [1.29, 1.82) is 0 Å². The topological polar surface area (TPSA) is 37.4 Å². The van der Waals surface area contributed by atoms with Gasteiger partial charge in [0.1, 0.15) is 0 Å². The standard InChI is InChI=1S/C15H17NO2S2/c1-3-4-9-16-14(17)13(20-15(16)18)10-11-5-7-12(19-2)8-6-11/h5-8,10H,3-4,9H2,1-2H3/b13-10-. The van der Waals surface area contributed by atoms with Crippen LogP contribution in [-0.4, -0.2) is 28.8 Å². The Kier molecular flexibility index (Phi) is 5.31. The third-order valence-electron chi connectivity index (χ3n) is 3.02. The number of carbonyl (C=O) groups is 2. The first-order valence-corrected chi connectivity index (χ1v) is 8.59. The Balaban J connectivity index is 2.14. The normalized spacial score (nSPS) is 17.3. The number of unbranched alkanes of at least 4 members (excludes halogenated alkanes) is 1. The average molecular weight is 307 g/mol. The van der Waals surface area contributed by atoms with Crippen LogP contribution in [0.4, 0.5) is 4.79 Å². The van der Waals surface area contributed by atoms with E-state index in [1.54, 1.807) is 17.8 Å². The minimum atomic E-state index is -0.164. The van der Waals surface area contributed by atoms with Crippen molar-refractivity contribution in [1.82, 2.24) is 4.90 Å². The van der Waals surface area contributed by atoms with E-state index < -0.39 is 0 Å². The van der Waals surface area contributed by atoms with Gasteiger partial charge in [-0.05, 0) is 48.2 Å². The molecule has 5 heteroatoms. The Labute approximate surface area is 127 Å². The summed E-state index contributed by atoms with van der Waals surface area (Å²) < 4.78 is 0. The van der Waals surface area contributed by atoms with E-state index in [0.29, 0.717) is 11.4 Å². The van der Waals surface area contributed by atoms with Crippen LogP contribution in [0.15, 0.2) is 34.1 Å². The molecule has 0 saturated carbocycles. The van der Waals surface area contributed by atoms with E-state index in [9.17, 15) is 9.59 Å². The molecule has 2 rings (SSSR count). The number of amides is 2. The van der Waals surface area contributed by atoms with E-state index in [1.807, 2.05) is 37.4 Å². The van der Waals surface area contributed by atoms with Crippen LogP contribution in [-0.2, 0) is 4.79 Å². The van der Waals surface area contributed by atoms with Gasteiger partial charge < -0.3 is 0 Å². The van der Waals surface area contributed by atoms with Crippen LogP contribution in [0.3, 0.4) is 0 Å². The SMILES string of the molecule is CCCCN1C(=O)S/C(=C\c2ccc(SC)cc2)C1=O. The van der Waals surface area contributed by atoms with Gasteiger partial charge in [0.05, 0.1) is 4.91 Å². The third-order valence-corrected chi connectivity index (χ3v) is 4.67. The Bertz CT molecular complexity index is 537. The molecule has 2 amide bonds. The summed E-state index contributed by atoms with van der Waals surface area (Å²) >= 11 is 2.71. The Morgan fingerprint density at radius 2 is 1.95 bits per heavy atom. The smallest absolute Gasteiger partial charge is 0.268 e. The predicted molar refractivity (Wildman–Crippen MR) is 85.8 cm³/mol. The number of hydrogen-bond donors (Lipinski definition) is 0. The number of hydrogen-bond acceptors (Lipinski definition) is 4. The van der Waals surface area contributed by atoms with Crippen molar-refractivity contribution in [3.8, 4) is 0 Å². The van der Waals surface area contributed by atoms with Crippen molar-refractivity contribution in [2.45, 2.75) is 24.7 Å². The maximum atomic E-state index is 12.2. The van der Waals surface area contributed by atoms with Crippen molar-refractivity contribution in [2.24, 2.45) is 0 Å². The van der Waals surface area contributed by atoms with Crippen LogP contribution in [0.1, 0.15) is 25.3 Å². The molecule has 1 fully saturated rings. The van der Waals surface area contributed by atoms with Crippen molar-refractivity contribution in [3.63, 3.8) is 0 Å². The zero-order valence-corrected chi connectivity index (χ0v) is 13.2. The van der Waals surface area contributed by atoms with Gasteiger partial charge >= 0.3 is 0 Å². The maximum absolute atomic E-state index is 12.2. The Morgan fingerprint density at radius 1 is 1.25 bits per heavy atom. The fourth-order valence-electron chi connectivity index (χ4n) is 1.86. The van der Waals surface area contributed by atoms with Gasteiger partial charge in [-0.15, -0.1) is 11.8 Å². The number of rotatable bonds is 5. The number of thioether (sulfide) groups is 2. The van der Waals surface area contributed by atoms with E-state index in [-0.39, 0.29) is 11.1 Å². The zero-order valence-electron chi connectivity index (χ0n) is 11.6. The molecule has 3 nitrogen and oxygen atoms in total. The van der Waals surface area contributed by atoms with Crippen molar-refractivity contribution in [3.05, 3.63) is 34.7 Å². The summed E-state index contributed by atoms with van der Waals surface area (Å²) in [5.41, 5.74) is 0.948. The summed E-state index contributed by atoms with van der Waals surface area (Å²) in [6.45, 7) is 2.56.